The molecule has 1 saturated heterocycles. The number of nitrogens with zero attached hydrogens (tertiary/aromatic N) is 4. The molecule has 0 unspecified atom stereocenters. The molecule has 1 N–H and O–H groups in total. The standard InChI is InChI=1S/C20H22N4O5/c1-12-9-15-16(11-24(19(15)25)20(26)27)22-18(12)23-7-5-13(6-8-23)29-14-3-4-17(28-2)21-10-14/h3-4,9-10,13H,5-8,11H2,1-2H3,(H,26,27). The minimum Gasteiger partial charge on any atom is -0.489 e. The van der Waals surface area contributed by atoms with Gasteiger partial charge in [0.05, 0.1) is 31.1 Å². The third kappa shape index (κ3) is 3.67. The van der Waals surface area contributed by atoms with E-state index in [4.69, 9.17) is 14.6 Å². The smallest absolute Gasteiger partial charge is 0.414 e. The number of amides is 2. The lowest BCUT2D eigenvalue weighted by atomic mass is 10.1. The number of rotatable bonds is 4. The van der Waals surface area contributed by atoms with Gasteiger partial charge in [0.2, 0.25) is 5.88 Å². The minimum atomic E-state index is -1.25. The zero-order chi connectivity index (χ0) is 20.5. The Kier molecular flexibility index (Phi) is 4.96. The summed E-state index contributed by atoms with van der Waals surface area (Å²) in [4.78, 5) is 35.1. The number of carbonyl (C=O) groups is 2. The molecule has 0 radical (unpaired) electrons. The predicted molar refractivity (Wildman–Crippen MR) is 104 cm³/mol. The SMILES string of the molecule is COc1ccc(OC2CCN(c3nc4c(cc3C)C(=O)N(C(=O)O)C4)CC2)cn1. The number of anilines is 1. The van der Waals surface area contributed by atoms with Crippen LogP contribution in [0.5, 0.6) is 11.6 Å². The lowest BCUT2D eigenvalue weighted by molar-refractivity contribution is 0.0763. The first-order chi connectivity index (χ1) is 14.0. The molecule has 2 aliphatic rings. The van der Waals surface area contributed by atoms with E-state index in [0.717, 1.165) is 42.2 Å². The monoisotopic (exact) mass is 398 g/mol. The molecule has 2 aromatic heterocycles. The summed E-state index contributed by atoms with van der Waals surface area (Å²) in [6.07, 6.45) is 2.13. The maximum absolute atomic E-state index is 12.2. The van der Waals surface area contributed by atoms with Crippen molar-refractivity contribution in [1.82, 2.24) is 14.9 Å². The van der Waals surface area contributed by atoms with Gasteiger partial charge in [0.15, 0.2) is 0 Å². The first-order valence-electron chi connectivity index (χ1n) is 9.43. The third-order valence-electron chi connectivity index (χ3n) is 5.24. The molecule has 4 rings (SSSR count). The highest BCUT2D eigenvalue weighted by molar-refractivity contribution is 6.05. The molecule has 0 aromatic carbocycles. The number of imide groups is 1. The number of hydrogen-bond donors (Lipinski definition) is 1. The van der Waals surface area contributed by atoms with Gasteiger partial charge < -0.3 is 19.5 Å². The van der Waals surface area contributed by atoms with E-state index in [0.29, 0.717) is 22.9 Å². The van der Waals surface area contributed by atoms with Crippen molar-refractivity contribution in [3.05, 3.63) is 41.2 Å². The zero-order valence-electron chi connectivity index (χ0n) is 16.3. The number of fused-ring (bicyclic) bond motifs is 1. The second-order valence-corrected chi connectivity index (χ2v) is 7.14. The van der Waals surface area contributed by atoms with E-state index in [1.165, 1.54) is 0 Å². The van der Waals surface area contributed by atoms with E-state index in [2.05, 4.69) is 14.9 Å². The van der Waals surface area contributed by atoms with Crippen molar-refractivity contribution in [2.24, 2.45) is 0 Å². The molecule has 29 heavy (non-hydrogen) atoms. The number of aryl methyl sites for hydroxylation is 1. The quantitative estimate of drug-likeness (QED) is 0.837. The van der Waals surface area contributed by atoms with Crippen molar-refractivity contribution in [2.75, 3.05) is 25.1 Å². The molecule has 2 amide bonds. The van der Waals surface area contributed by atoms with Crippen molar-refractivity contribution in [1.29, 1.82) is 0 Å². The van der Waals surface area contributed by atoms with Gasteiger partial charge in [-0.15, -0.1) is 0 Å². The molecule has 2 aliphatic heterocycles. The lowest BCUT2D eigenvalue weighted by Crippen LogP contribution is -2.39. The lowest BCUT2D eigenvalue weighted by Gasteiger charge is -2.33. The molecule has 9 nitrogen and oxygen atoms in total. The Balaban J connectivity index is 1.42. The average Bonchev–Trinajstić information content (AvgIpc) is 3.05. The minimum absolute atomic E-state index is 0.000819. The molecule has 1 fully saturated rings. The van der Waals surface area contributed by atoms with Gasteiger partial charge in [-0.2, -0.15) is 0 Å². The highest BCUT2D eigenvalue weighted by Gasteiger charge is 2.34. The maximum atomic E-state index is 12.2. The van der Waals surface area contributed by atoms with E-state index < -0.39 is 12.0 Å². The topological polar surface area (TPSA) is 105 Å². The Labute approximate surface area is 167 Å². The Bertz CT molecular complexity index is 939. The number of ether oxygens (including phenoxy) is 2. The van der Waals surface area contributed by atoms with Crippen LogP contribution in [0.3, 0.4) is 0 Å². The van der Waals surface area contributed by atoms with Crippen LogP contribution in [0.2, 0.25) is 0 Å². The number of methoxy groups -OCH3 is 1. The van der Waals surface area contributed by atoms with Gasteiger partial charge in [-0.05, 0) is 24.6 Å². The van der Waals surface area contributed by atoms with Gasteiger partial charge >= 0.3 is 6.09 Å². The molecule has 4 heterocycles. The van der Waals surface area contributed by atoms with Gasteiger partial charge in [-0.25, -0.2) is 19.7 Å². The summed E-state index contributed by atoms with van der Waals surface area (Å²) in [5.41, 5.74) is 1.75. The molecule has 0 spiro atoms. The highest BCUT2D eigenvalue weighted by atomic mass is 16.5. The van der Waals surface area contributed by atoms with Crippen LogP contribution in [-0.4, -0.2) is 58.3 Å². The van der Waals surface area contributed by atoms with Crippen LogP contribution >= 0.6 is 0 Å². The first kappa shape index (κ1) is 19.0. The summed E-state index contributed by atoms with van der Waals surface area (Å²) in [6.45, 7) is 3.42. The van der Waals surface area contributed by atoms with Gasteiger partial charge in [0, 0.05) is 32.0 Å². The fourth-order valence-corrected chi connectivity index (χ4v) is 3.72. The van der Waals surface area contributed by atoms with Crippen molar-refractivity contribution in [3.63, 3.8) is 0 Å². The predicted octanol–water partition coefficient (Wildman–Crippen LogP) is 2.48. The third-order valence-corrected chi connectivity index (χ3v) is 5.24. The van der Waals surface area contributed by atoms with Crippen molar-refractivity contribution in [3.8, 4) is 11.6 Å². The Morgan fingerprint density at radius 3 is 2.66 bits per heavy atom. The largest absolute Gasteiger partial charge is 0.489 e. The van der Waals surface area contributed by atoms with Crippen molar-refractivity contribution in [2.45, 2.75) is 32.4 Å². The van der Waals surface area contributed by atoms with Gasteiger partial charge in [0.25, 0.3) is 5.91 Å². The fraction of sp³-hybridized carbons (Fsp3) is 0.400. The van der Waals surface area contributed by atoms with Crippen LogP contribution < -0.4 is 14.4 Å². The summed E-state index contributed by atoms with van der Waals surface area (Å²) in [5.74, 6) is 1.55. The Hall–Kier alpha value is -3.36. The van der Waals surface area contributed by atoms with Crippen molar-refractivity contribution < 1.29 is 24.2 Å². The molecule has 0 atom stereocenters. The Morgan fingerprint density at radius 2 is 2.03 bits per heavy atom. The second-order valence-electron chi connectivity index (χ2n) is 7.14. The van der Waals surface area contributed by atoms with Crippen LogP contribution in [0.15, 0.2) is 24.4 Å². The van der Waals surface area contributed by atoms with Crippen LogP contribution in [0.25, 0.3) is 0 Å². The zero-order valence-corrected chi connectivity index (χ0v) is 16.3. The van der Waals surface area contributed by atoms with Crippen LogP contribution in [0.1, 0.15) is 34.5 Å². The molecule has 0 bridgehead atoms. The Morgan fingerprint density at radius 1 is 1.28 bits per heavy atom. The second kappa shape index (κ2) is 7.57. The molecular weight excluding hydrogens is 376 g/mol. The highest BCUT2D eigenvalue weighted by Crippen LogP contribution is 2.30. The number of carbonyl (C=O) groups excluding carboxylic acids is 1. The number of piperidine rings is 1. The average molecular weight is 398 g/mol. The molecule has 9 heteroatoms. The molecule has 0 aliphatic carbocycles. The van der Waals surface area contributed by atoms with E-state index in [9.17, 15) is 9.59 Å². The number of pyridine rings is 2. The molecule has 152 valence electrons. The number of carboxylic acid groups (broad SMARTS) is 1. The summed E-state index contributed by atoms with van der Waals surface area (Å²) >= 11 is 0. The van der Waals surface area contributed by atoms with Gasteiger partial charge in [-0.1, -0.05) is 0 Å². The summed E-state index contributed by atoms with van der Waals surface area (Å²) < 4.78 is 11.1. The molecular formula is C20H22N4O5. The van der Waals surface area contributed by atoms with Gasteiger partial charge in [-0.3, -0.25) is 4.79 Å². The van der Waals surface area contributed by atoms with Crippen LogP contribution in [0.4, 0.5) is 10.6 Å². The summed E-state index contributed by atoms with van der Waals surface area (Å²) in [5, 5.41) is 9.16. The maximum Gasteiger partial charge on any atom is 0.414 e. The molecule has 0 saturated carbocycles. The summed E-state index contributed by atoms with van der Waals surface area (Å²) in [6, 6.07) is 5.36. The fourth-order valence-electron chi connectivity index (χ4n) is 3.72. The van der Waals surface area contributed by atoms with Crippen molar-refractivity contribution >= 4 is 17.8 Å². The first-order valence-corrected chi connectivity index (χ1v) is 9.43. The van der Waals surface area contributed by atoms with E-state index in [1.54, 1.807) is 25.4 Å². The van der Waals surface area contributed by atoms with E-state index in [-0.39, 0.29) is 12.6 Å². The van der Waals surface area contributed by atoms with Crippen LogP contribution in [-0.2, 0) is 6.54 Å². The normalized spacial score (nSPS) is 16.7. The van der Waals surface area contributed by atoms with E-state index in [1.807, 2.05) is 13.0 Å². The van der Waals surface area contributed by atoms with Gasteiger partial charge in [0.1, 0.15) is 17.7 Å². The number of hydrogen-bond acceptors (Lipinski definition) is 7. The summed E-state index contributed by atoms with van der Waals surface area (Å²) in [7, 11) is 1.57. The molecule has 2 aromatic rings. The van der Waals surface area contributed by atoms with Crippen LogP contribution in [0, 0.1) is 6.92 Å². The number of aromatic nitrogens is 2. The van der Waals surface area contributed by atoms with E-state index >= 15 is 0 Å².